The maximum absolute atomic E-state index is 13.3. The number of hydrogen-bond acceptors (Lipinski definition) is 4. The largest absolute Gasteiger partial charge is 0.271 e. The van der Waals surface area contributed by atoms with E-state index in [0.717, 1.165) is 4.31 Å². The summed E-state index contributed by atoms with van der Waals surface area (Å²) in [6.07, 6.45) is 0. The molecule has 0 aliphatic heterocycles. The molecule has 0 atom stereocenters. The summed E-state index contributed by atoms with van der Waals surface area (Å²) in [6.45, 7) is 2.86. The first-order valence-corrected chi connectivity index (χ1v) is 11.4. The van der Waals surface area contributed by atoms with E-state index in [2.05, 4.69) is 10.5 Å². The van der Waals surface area contributed by atoms with E-state index in [4.69, 9.17) is 11.6 Å². The topological polar surface area (TPSA) is 78.8 Å². The molecule has 0 unspecified atom stereocenters. The van der Waals surface area contributed by atoms with Crippen LogP contribution in [0.15, 0.2) is 82.8 Å². The van der Waals surface area contributed by atoms with Crippen molar-refractivity contribution in [2.24, 2.45) is 5.10 Å². The van der Waals surface area contributed by atoms with Crippen LogP contribution in [0.5, 0.6) is 0 Å². The number of carbonyl (C=O) groups is 1. The van der Waals surface area contributed by atoms with Gasteiger partial charge in [0.05, 0.1) is 16.3 Å². The first-order chi connectivity index (χ1) is 15.2. The summed E-state index contributed by atoms with van der Waals surface area (Å²) in [7, 11) is -4.04. The van der Waals surface area contributed by atoms with Crippen molar-refractivity contribution in [1.29, 1.82) is 0 Å². The van der Waals surface area contributed by atoms with Crippen LogP contribution >= 0.6 is 11.6 Å². The van der Waals surface area contributed by atoms with Crippen LogP contribution in [0.4, 0.5) is 10.1 Å². The summed E-state index contributed by atoms with van der Waals surface area (Å²) in [5.41, 5.74) is 4.36. The van der Waals surface area contributed by atoms with Gasteiger partial charge in [-0.05, 0) is 67.4 Å². The van der Waals surface area contributed by atoms with Gasteiger partial charge in [0, 0.05) is 5.02 Å². The van der Waals surface area contributed by atoms with E-state index in [1.54, 1.807) is 50.2 Å². The molecule has 0 fully saturated rings. The zero-order valence-electron chi connectivity index (χ0n) is 17.4. The summed E-state index contributed by atoms with van der Waals surface area (Å²) in [6, 6.07) is 18.2. The van der Waals surface area contributed by atoms with Crippen molar-refractivity contribution >= 4 is 38.9 Å². The summed E-state index contributed by atoms with van der Waals surface area (Å²) >= 11 is 6.02. The normalized spacial score (nSPS) is 11.8. The van der Waals surface area contributed by atoms with Gasteiger partial charge in [0.2, 0.25) is 0 Å². The molecule has 3 aromatic rings. The maximum atomic E-state index is 13.3. The average Bonchev–Trinajstić information content (AvgIpc) is 2.77. The quantitative estimate of drug-likeness (QED) is 0.404. The molecule has 9 heteroatoms. The summed E-state index contributed by atoms with van der Waals surface area (Å²) in [5, 5.41) is 4.47. The number of hydrazone groups is 1. The zero-order valence-corrected chi connectivity index (χ0v) is 19.0. The molecule has 166 valence electrons. The van der Waals surface area contributed by atoms with Crippen LogP contribution in [0.2, 0.25) is 5.02 Å². The predicted molar refractivity (Wildman–Crippen MR) is 124 cm³/mol. The predicted octanol–water partition coefficient (Wildman–Crippen LogP) is 4.52. The molecule has 0 heterocycles. The SMILES string of the molecule is C/C(=N\NC(=O)CN(c1ccc(Cl)cc1C)S(=O)(=O)c1ccccc1)c1ccc(F)cc1. The Kier molecular flexibility index (Phi) is 7.27. The van der Waals surface area contributed by atoms with Crippen molar-refractivity contribution in [1.82, 2.24) is 5.43 Å². The molecule has 0 radical (unpaired) electrons. The average molecular weight is 474 g/mol. The number of aryl methyl sites for hydroxylation is 1. The number of hydrogen-bond donors (Lipinski definition) is 1. The summed E-state index contributed by atoms with van der Waals surface area (Å²) in [5.74, 6) is -1.02. The molecular weight excluding hydrogens is 453 g/mol. The number of nitrogens with zero attached hydrogens (tertiary/aromatic N) is 2. The lowest BCUT2D eigenvalue weighted by atomic mass is 10.1. The summed E-state index contributed by atoms with van der Waals surface area (Å²) in [4.78, 5) is 12.7. The molecule has 0 aliphatic rings. The van der Waals surface area contributed by atoms with Crippen molar-refractivity contribution < 1.29 is 17.6 Å². The van der Waals surface area contributed by atoms with E-state index < -0.39 is 22.5 Å². The Hall–Kier alpha value is -3.23. The van der Waals surface area contributed by atoms with E-state index in [0.29, 0.717) is 27.5 Å². The standard InChI is InChI=1S/C23H21ClFN3O3S/c1-16-14-19(24)10-13-22(16)28(32(30,31)21-6-4-3-5-7-21)15-23(29)27-26-17(2)18-8-11-20(25)12-9-18/h3-14H,15H2,1-2H3,(H,27,29)/b26-17+. The Morgan fingerprint density at radius 1 is 1.06 bits per heavy atom. The second-order valence-corrected chi connectivity index (χ2v) is 9.29. The molecule has 0 aliphatic carbocycles. The van der Waals surface area contributed by atoms with E-state index in [1.165, 1.54) is 36.4 Å². The fraction of sp³-hybridized carbons (Fsp3) is 0.130. The molecule has 0 saturated carbocycles. The van der Waals surface area contributed by atoms with Crippen LogP contribution in [0.25, 0.3) is 0 Å². The third-order valence-electron chi connectivity index (χ3n) is 4.66. The Balaban J connectivity index is 1.89. The van der Waals surface area contributed by atoms with Gasteiger partial charge in [-0.15, -0.1) is 0 Å². The molecule has 0 aromatic heterocycles. The minimum atomic E-state index is -4.04. The van der Waals surface area contributed by atoms with Crippen molar-refractivity contribution in [3.8, 4) is 0 Å². The van der Waals surface area contributed by atoms with Gasteiger partial charge in [0.15, 0.2) is 0 Å². The number of anilines is 1. The highest BCUT2D eigenvalue weighted by atomic mass is 35.5. The van der Waals surface area contributed by atoms with Gasteiger partial charge in [0.25, 0.3) is 15.9 Å². The molecule has 3 aromatic carbocycles. The van der Waals surface area contributed by atoms with Gasteiger partial charge in [-0.3, -0.25) is 9.10 Å². The Morgan fingerprint density at radius 3 is 2.34 bits per heavy atom. The first-order valence-electron chi connectivity index (χ1n) is 9.61. The van der Waals surface area contributed by atoms with Gasteiger partial charge >= 0.3 is 0 Å². The van der Waals surface area contributed by atoms with Gasteiger partial charge in [-0.25, -0.2) is 18.2 Å². The molecule has 3 rings (SSSR count). The summed E-state index contributed by atoms with van der Waals surface area (Å²) < 4.78 is 40.8. The smallest absolute Gasteiger partial charge is 0.264 e. The lowest BCUT2D eigenvalue weighted by molar-refractivity contribution is -0.119. The van der Waals surface area contributed by atoms with Crippen molar-refractivity contribution in [3.05, 3.63) is 94.8 Å². The van der Waals surface area contributed by atoms with E-state index >= 15 is 0 Å². The minimum absolute atomic E-state index is 0.0492. The minimum Gasteiger partial charge on any atom is -0.271 e. The Bertz CT molecular complexity index is 1250. The third-order valence-corrected chi connectivity index (χ3v) is 6.67. The number of amides is 1. The van der Waals surface area contributed by atoms with E-state index in [-0.39, 0.29) is 10.7 Å². The molecule has 6 nitrogen and oxygen atoms in total. The van der Waals surface area contributed by atoms with Gasteiger partial charge in [0.1, 0.15) is 12.4 Å². The lowest BCUT2D eigenvalue weighted by Gasteiger charge is -2.25. The highest BCUT2D eigenvalue weighted by molar-refractivity contribution is 7.92. The van der Waals surface area contributed by atoms with Crippen LogP contribution < -0.4 is 9.73 Å². The van der Waals surface area contributed by atoms with Gasteiger partial charge in [-0.1, -0.05) is 41.9 Å². The Labute approximate surface area is 191 Å². The zero-order chi connectivity index (χ0) is 23.3. The number of halogens is 2. The highest BCUT2D eigenvalue weighted by Crippen LogP contribution is 2.28. The second kappa shape index (κ2) is 9.93. The first kappa shape index (κ1) is 23.4. The monoisotopic (exact) mass is 473 g/mol. The van der Waals surface area contributed by atoms with Crippen LogP contribution in [-0.2, 0) is 14.8 Å². The van der Waals surface area contributed by atoms with Crippen LogP contribution in [0.1, 0.15) is 18.1 Å². The molecule has 1 N–H and O–H groups in total. The molecule has 1 amide bonds. The van der Waals surface area contributed by atoms with Gasteiger partial charge in [-0.2, -0.15) is 5.10 Å². The van der Waals surface area contributed by atoms with E-state index in [9.17, 15) is 17.6 Å². The lowest BCUT2D eigenvalue weighted by Crippen LogP contribution is -2.40. The maximum Gasteiger partial charge on any atom is 0.264 e. The van der Waals surface area contributed by atoms with Crippen LogP contribution in [0, 0.1) is 12.7 Å². The van der Waals surface area contributed by atoms with Crippen molar-refractivity contribution in [2.45, 2.75) is 18.7 Å². The molecule has 0 saturated heterocycles. The van der Waals surface area contributed by atoms with Crippen LogP contribution in [-0.4, -0.2) is 26.6 Å². The number of benzene rings is 3. The fourth-order valence-corrected chi connectivity index (χ4v) is 4.72. The third kappa shape index (κ3) is 5.52. The highest BCUT2D eigenvalue weighted by Gasteiger charge is 2.28. The second-order valence-electron chi connectivity index (χ2n) is 6.99. The van der Waals surface area contributed by atoms with Gasteiger partial charge < -0.3 is 0 Å². The van der Waals surface area contributed by atoms with Crippen LogP contribution in [0.3, 0.4) is 0 Å². The number of nitrogens with one attached hydrogen (secondary N) is 1. The number of rotatable bonds is 7. The van der Waals surface area contributed by atoms with Crippen molar-refractivity contribution in [3.63, 3.8) is 0 Å². The molecule has 0 bridgehead atoms. The van der Waals surface area contributed by atoms with Crippen molar-refractivity contribution in [2.75, 3.05) is 10.8 Å². The fourth-order valence-electron chi connectivity index (χ4n) is 2.99. The molecular formula is C23H21ClFN3O3S. The Morgan fingerprint density at radius 2 is 1.72 bits per heavy atom. The number of carbonyl (C=O) groups excluding carboxylic acids is 1. The number of sulfonamides is 1. The molecule has 32 heavy (non-hydrogen) atoms. The van der Waals surface area contributed by atoms with E-state index in [1.807, 2.05) is 0 Å². The molecule has 0 spiro atoms.